The second-order valence-corrected chi connectivity index (χ2v) is 9.30. The first-order valence-corrected chi connectivity index (χ1v) is 11.1. The quantitative estimate of drug-likeness (QED) is 0.716. The van der Waals surface area contributed by atoms with Gasteiger partial charge >= 0.3 is 6.18 Å². The van der Waals surface area contributed by atoms with Crippen molar-refractivity contribution in [3.63, 3.8) is 0 Å². The average Bonchev–Trinajstić information content (AvgIpc) is 2.72. The van der Waals surface area contributed by atoms with E-state index in [4.69, 9.17) is 11.6 Å². The summed E-state index contributed by atoms with van der Waals surface area (Å²) in [5.41, 5.74) is -0.481. The average molecular weight is 461 g/mol. The van der Waals surface area contributed by atoms with E-state index in [9.17, 15) is 26.4 Å². The predicted molar refractivity (Wildman–Crippen MR) is 107 cm³/mol. The molecule has 5 nitrogen and oxygen atoms in total. The minimum atomic E-state index is -4.48. The molecule has 1 saturated heterocycles. The molecule has 1 fully saturated rings. The molecule has 1 aliphatic heterocycles. The molecule has 10 heteroatoms. The molecule has 1 N–H and O–H groups in total. The summed E-state index contributed by atoms with van der Waals surface area (Å²) in [5, 5.41) is 2.52. The molecule has 162 valence electrons. The van der Waals surface area contributed by atoms with E-state index in [1.807, 2.05) is 0 Å². The molecule has 30 heavy (non-hydrogen) atoms. The Morgan fingerprint density at radius 1 is 1.07 bits per heavy atom. The first-order chi connectivity index (χ1) is 14.1. The van der Waals surface area contributed by atoms with E-state index in [2.05, 4.69) is 5.32 Å². The zero-order chi connectivity index (χ0) is 21.9. The van der Waals surface area contributed by atoms with Crippen LogP contribution in [0.1, 0.15) is 40.7 Å². The van der Waals surface area contributed by atoms with E-state index in [1.165, 1.54) is 34.6 Å². The van der Waals surface area contributed by atoms with Gasteiger partial charge in [-0.15, -0.1) is 0 Å². The smallest absolute Gasteiger partial charge is 0.348 e. The number of hydrogen-bond acceptors (Lipinski definition) is 3. The number of piperidine rings is 1. The highest BCUT2D eigenvalue weighted by Gasteiger charge is 2.31. The standard InChI is InChI=1S/C20H20ClF3N2O3S/c21-17-8-7-15(12-18(17)30(28,29)26-9-2-1-3-10-26)19(27)25-13-14-5-4-6-16(11-14)20(22,23)24/h4-8,11-12H,1-3,9-10,13H2,(H,25,27). The lowest BCUT2D eigenvalue weighted by Gasteiger charge is -2.26. The minimum Gasteiger partial charge on any atom is -0.348 e. The van der Waals surface area contributed by atoms with Crippen molar-refractivity contribution in [2.75, 3.05) is 13.1 Å². The van der Waals surface area contributed by atoms with Crippen LogP contribution in [0.15, 0.2) is 47.4 Å². The van der Waals surface area contributed by atoms with Crippen molar-refractivity contribution in [3.8, 4) is 0 Å². The minimum absolute atomic E-state index is 0.00926. The van der Waals surface area contributed by atoms with Crippen molar-refractivity contribution in [3.05, 3.63) is 64.2 Å². The second kappa shape index (κ2) is 8.95. The molecule has 0 spiro atoms. The SMILES string of the molecule is O=C(NCc1cccc(C(F)(F)F)c1)c1ccc(Cl)c(S(=O)(=O)N2CCCCC2)c1. The van der Waals surface area contributed by atoms with Gasteiger partial charge in [0.2, 0.25) is 10.0 Å². The van der Waals surface area contributed by atoms with Gasteiger partial charge in [-0.3, -0.25) is 4.79 Å². The molecule has 1 heterocycles. The highest BCUT2D eigenvalue weighted by molar-refractivity contribution is 7.89. The van der Waals surface area contributed by atoms with Crippen molar-refractivity contribution >= 4 is 27.5 Å². The zero-order valence-electron chi connectivity index (χ0n) is 15.9. The summed E-state index contributed by atoms with van der Waals surface area (Å²) in [6.07, 6.45) is -2.01. The monoisotopic (exact) mass is 460 g/mol. The second-order valence-electron chi connectivity index (χ2n) is 6.99. The van der Waals surface area contributed by atoms with Crippen LogP contribution >= 0.6 is 11.6 Å². The van der Waals surface area contributed by atoms with Gasteiger partial charge in [-0.25, -0.2) is 8.42 Å². The number of sulfonamides is 1. The molecule has 0 unspecified atom stereocenters. The Labute approximate surface area is 177 Å². The Morgan fingerprint density at radius 2 is 1.77 bits per heavy atom. The third kappa shape index (κ3) is 5.14. The largest absolute Gasteiger partial charge is 0.416 e. The third-order valence-electron chi connectivity index (χ3n) is 4.83. The number of alkyl halides is 3. The Balaban J connectivity index is 1.77. The van der Waals surface area contributed by atoms with Gasteiger partial charge in [-0.1, -0.05) is 30.2 Å². The summed E-state index contributed by atoms with van der Waals surface area (Å²) in [6, 6.07) is 8.53. The fourth-order valence-electron chi connectivity index (χ4n) is 3.23. The van der Waals surface area contributed by atoms with E-state index < -0.39 is 27.7 Å². The van der Waals surface area contributed by atoms with Gasteiger partial charge in [0.05, 0.1) is 10.6 Å². The molecular formula is C20H20ClF3N2O3S. The number of hydrogen-bond donors (Lipinski definition) is 1. The lowest BCUT2D eigenvalue weighted by atomic mass is 10.1. The van der Waals surface area contributed by atoms with E-state index in [0.29, 0.717) is 13.1 Å². The van der Waals surface area contributed by atoms with Crippen LogP contribution in [0.5, 0.6) is 0 Å². The number of benzene rings is 2. The summed E-state index contributed by atoms with van der Waals surface area (Å²) in [6.45, 7) is 0.648. The molecule has 1 aliphatic rings. The predicted octanol–water partition coefficient (Wildman–Crippen LogP) is 4.46. The highest BCUT2D eigenvalue weighted by atomic mass is 35.5. The maximum atomic E-state index is 12.9. The van der Waals surface area contributed by atoms with Crippen LogP contribution < -0.4 is 5.32 Å². The number of carbonyl (C=O) groups is 1. The summed E-state index contributed by atoms with van der Waals surface area (Å²) in [5.74, 6) is -0.612. The molecular weight excluding hydrogens is 441 g/mol. The Hall–Kier alpha value is -2.10. The molecule has 2 aromatic carbocycles. The lowest BCUT2D eigenvalue weighted by molar-refractivity contribution is -0.137. The van der Waals surface area contributed by atoms with Crippen molar-refractivity contribution in [2.45, 2.75) is 36.9 Å². The zero-order valence-corrected chi connectivity index (χ0v) is 17.4. The van der Waals surface area contributed by atoms with Crippen LogP contribution in [-0.2, 0) is 22.7 Å². The van der Waals surface area contributed by atoms with Crippen molar-refractivity contribution in [1.82, 2.24) is 9.62 Å². The molecule has 3 rings (SSSR count). The third-order valence-corrected chi connectivity index (χ3v) is 7.21. The van der Waals surface area contributed by atoms with Gasteiger partial charge in [0.15, 0.2) is 0 Å². The van der Waals surface area contributed by atoms with Gasteiger partial charge in [0, 0.05) is 25.2 Å². The molecule has 0 aliphatic carbocycles. The maximum absolute atomic E-state index is 12.9. The summed E-state index contributed by atoms with van der Waals surface area (Å²) in [4.78, 5) is 12.3. The number of amides is 1. The van der Waals surface area contributed by atoms with Gasteiger partial charge in [-0.05, 0) is 48.7 Å². The first kappa shape index (κ1) is 22.6. The number of carbonyl (C=O) groups excluding carboxylic acids is 1. The first-order valence-electron chi connectivity index (χ1n) is 9.33. The number of nitrogens with zero attached hydrogens (tertiary/aromatic N) is 1. The fraction of sp³-hybridized carbons (Fsp3) is 0.350. The molecule has 0 atom stereocenters. The van der Waals surface area contributed by atoms with Gasteiger partial charge < -0.3 is 5.32 Å². The van der Waals surface area contributed by atoms with E-state index >= 15 is 0 Å². The maximum Gasteiger partial charge on any atom is 0.416 e. The van der Waals surface area contributed by atoms with Gasteiger partial charge in [0.25, 0.3) is 5.91 Å². The molecule has 1 amide bonds. The molecule has 2 aromatic rings. The topological polar surface area (TPSA) is 66.5 Å². The van der Waals surface area contributed by atoms with Crippen LogP contribution in [0.3, 0.4) is 0 Å². The summed E-state index contributed by atoms with van der Waals surface area (Å²) in [7, 11) is -3.84. The number of nitrogens with one attached hydrogen (secondary N) is 1. The Kier molecular flexibility index (Phi) is 6.74. The van der Waals surface area contributed by atoms with Crippen LogP contribution in [0, 0.1) is 0 Å². The molecule has 0 bridgehead atoms. The van der Waals surface area contributed by atoms with E-state index in [-0.39, 0.29) is 27.6 Å². The van der Waals surface area contributed by atoms with E-state index in [1.54, 1.807) is 0 Å². The molecule has 0 aromatic heterocycles. The van der Waals surface area contributed by atoms with E-state index in [0.717, 1.165) is 31.4 Å². The molecule has 0 radical (unpaired) electrons. The number of halogens is 4. The van der Waals surface area contributed by atoms with Crippen LogP contribution in [0.4, 0.5) is 13.2 Å². The summed E-state index contributed by atoms with van der Waals surface area (Å²) >= 11 is 6.09. The fourth-order valence-corrected chi connectivity index (χ4v) is 5.25. The van der Waals surface area contributed by atoms with Crippen molar-refractivity contribution in [2.24, 2.45) is 0 Å². The van der Waals surface area contributed by atoms with Crippen LogP contribution in [0.2, 0.25) is 5.02 Å². The Bertz CT molecular complexity index is 1040. The normalized spacial score (nSPS) is 15.7. The van der Waals surface area contributed by atoms with Crippen LogP contribution in [-0.4, -0.2) is 31.7 Å². The van der Waals surface area contributed by atoms with Gasteiger partial charge in [0.1, 0.15) is 4.90 Å². The van der Waals surface area contributed by atoms with Crippen LogP contribution in [0.25, 0.3) is 0 Å². The Morgan fingerprint density at radius 3 is 2.43 bits per heavy atom. The lowest BCUT2D eigenvalue weighted by Crippen LogP contribution is -2.36. The van der Waals surface area contributed by atoms with Crippen molar-refractivity contribution < 1.29 is 26.4 Å². The van der Waals surface area contributed by atoms with Gasteiger partial charge in [-0.2, -0.15) is 17.5 Å². The molecule has 0 saturated carbocycles. The number of rotatable bonds is 5. The highest BCUT2D eigenvalue weighted by Crippen LogP contribution is 2.30. The van der Waals surface area contributed by atoms with Crippen molar-refractivity contribution in [1.29, 1.82) is 0 Å². The summed E-state index contributed by atoms with van der Waals surface area (Å²) < 4.78 is 65.6.